The first kappa shape index (κ1) is 12.8. The second-order valence-electron chi connectivity index (χ2n) is 4.81. The van der Waals surface area contributed by atoms with E-state index in [-0.39, 0.29) is 6.04 Å². The van der Waals surface area contributed by atoms with Crippen molar-refractivity contribution < 1.29 is 9.15 Å². The number of aryl methyl sites for hydroxylation is 1. The topological polar surface area (TPSA) is 48.4 Å². The van der Waals surface area contributed by atoms with Gasteiger partial charge in [-0.3, -0.25) is 0 Å². The molecule has 0 spiro atoms. The summed E-state index contributed by atoms with van der Waals surface area (Å²) >= 11 is 0. The largest absolute Gasteiger partial charge is 0.496 e. The van der Waals surface area contributed by atoms with Gasteiger partial charge in [0.2, 0.25) is 0 Å². The number of benzene rings is 2. The average Bonchev–Trinajstić information content (AvgIpc) is 2.91. The molecule has 3 aromatic rings. The lowest BCUT2D eigenvalue weighted by Crippen LogP contribution is -2.12. The number of furan rings is 1. The van der Waals surface area contributed by atoms with Crippen LogP contribution in [-0.2, 0) is 0 Å². The summed E-state index contributed by atoms with van der Waals surface area (Å²) in [7, 11) is 1.68. The molecule has 3 rings (SSSR count). The maximum absolute atomic E-state index is 6.42. The van der Waals surface area contributed by atoms with Crippen molar-refractivity contribution in [1.82, 2.24) is 0 Å². The van der Waals surface area contributed by atoms with Crippen molar-refractivity contribution in [2.75, 3.05) is 7.11 Å². The third kappa shape index (κ3) is 1.96. The number of nitrogens with two attached hydrogens (primary N) is 1. The lowest BCUT2D eigenvalue weighted by molar-refractivity contribution is 0.419. The standard InChI is InChI=1S/C17H17NO2/c1-11-12(9-10-20-11)17(18)15-7-8-16(19-2)14-6-4-3-5-13(14)15/h3-10,17H,18H2,1-2H3. The Morgan fingerprint density at radius 1 is 1.00 bits per heavy atom. The van der Waals surface area contributed by atoms with E-state index in [1.54, 1.807) is 13.4 Å². The summed E-state index contributed by atoms with van der Waals surface area (Å²) in [5.74, 6) is 1.72. The fraction of sp³-hybridized carbons (Fsp3) is 0.176. The number of rotatable bonds is 3. The molecule has 1 heterocycles. The molecule has 102 valence electrons. The molecule has 0 saturated heterocycles. The number of hydrogen-bond donors (Lipinski definition) is 1. The maximum Gasteiger partial charge on any atom is 0.126 e. The monoisotopic (exact) mass is 267 g/mol. The van der Waals surface area contributed by atoms with Crippen LogP contribution in [0.4, 0.5) is 0 Å². The molecule has 2 aromatic carbocycles. The third-order valence-corrected chi connectivity index (χ3v) is 3.71. The molecule has 0 saturated carbocycles. The zero-order valence-electron chi connectivity index (χ0n) is 11.6. The van der Waals surface area contributed by atoms with Crippen LogP contribution in [0.25, 0.3) is 10.8 Å². The first-order chi connectivity index (χ1) is 9.72. The summed E-state index contributed by atoms with van der Waals surface area (Å²) in [5, 5.41) is 2.18. The zero-order valence-corrected chi connectivity index (χ0v) is 11.6. The van der Waals surface area contributed by atoms with Crippen LogP contribution in [0.1, 0.15) is 22.9 Å². The van der Waals surface area contributed by atoms with E-state index in [9.17, 15) is 0 Å². The van der Waals surface area contributed by atoms with Crippen LogP contribution in [0.3, 0.4) is 0 Å². The van der Waals surface area contributed by atoms with Gasteiger partial charge in [-0.1, -0.05) is 30.3 Å². The summed E-state index contributed by atoms with van der Waals surface area (Å²) < 4.78 is 10.8. The molecular formula is C17H17NO2. The van der Waals surface area contributed by atoms with Crippen molar-refractivity contribution >= 4 is 10.8 Å². The second-order valence-corrected chi connectivity index (χ2v) is 4.81. The Hall–Kier alpha value is -2.26. The van der Waals surface area contributed by atoms with Crippen LogP contribution in [0.5, 0.6) is 5.75 Å². The zero-order chi connectivity index (χ0) is 14.1. The predicted octanol–water partition coefficient (Wildman–Crippen LogP) is 3.80. The Morgan fingerprint density at radius 2 is 1.75 bits per heavy atom. The molecule has 0 bridgehead atoms. The van der Waals surface area contributed by atoms with Crippen LogP contribution in [0, 0.1) is 6.92 Å². The Morgan fingerprint density at radius 3 is 2.40 bits per heavy atom. The second kappa shape index (κ2) is 5.02. The minimum absolute atomic E-state index is 0.204. The Balaban J connectivity index is 2.20. The predicted molar refractivity (Wildman–Crippen MR) is 80.0 cm³/mol. The van der Waals surface area contributed by atoms with E-state index >= 15 is 0 Å². The summed E-state index contributed by atoms with van der Waals surface area (Å²) in [4.78, 5) is 0. The highest BCUT2D eigenvalue weighted by Crippen LogP contribution is 2.33. The van der Waals surface area contributed by atoms with Crippen LogP contribution >= 0.6 is 0 Å². The Labute approximate surface area is 118 Å². The fourth-order valence-electron chi connectivity index (χ4n) is 2.63. The highest BCUT2D eigenvalue weighted by molar-refractivity contribution is 5.91. The number of fused-ring (bicyclic) bond motifs is 1. The normalized spacial score (nSPS) is 12.6. The SMILES string of the molecule is COc1ccc(C(N)c2ccoc2C)c2ccccc12. The van der Waals surface area contributed by atoms with Gasteiger partial charge in [0.25, 0.3) is 0 Å². The van der Waals surface area contributed by atoms with Gasteiger partial charge in [0, 0.05) is 10.9 Å². The summed E-state index contributed by atoms with van der Waals surface area (Å²) in [5.41, 5.74) is 8.51. The molecule has 3 nitrogen and oxygen atoms in total. The molecule has 0 radical (unpaired) electrons. The molecule has 0 fully saturated rings. The summed E-state index contributed by atoms with van der Waals surface area (Å²) in [6.07, 6.45) is 1.68. The lowest BCUT2D eigenvalue weighted by atomic mass is 9.94. The fourth-order valence-corrected chi connectivity index (χ4v) is 2.63. The maximum atomic E-state index is 6.42. The molecule has 1 unspecified atom stereocenters. The van der Waals surface area contributed by atoms with Crippen molar-refractivity contribution in [1.29, 1.82) is 0 Å². The van der Waals surface area contributed by atoms with Crippen LogP contribution in [0.15, 0.2) is 53.1 Å². The van der Waals surface area contributed by atoms with Gasteiger partial charge in [0.15, 0.2) is 0 Å². The average molecular weight is 267 g/mol. The Bertz CT molecular complexity index is 746. The molecule has 20 heavy (non-hydrogen) atoms. The summed E-state index contributed by atoms with van der Waals surface area (Å²) in [6, 6.07) is 13.9. The van der Waals surface area contributed by atoms with Crippen LogP contribution in [-0.4, -0.2) is 7.11 Å². The van der Waals surface area contributed by atoms with Crippen LogP contribution in [0.2, 0.25) is 0 Å². The smallest absolute Gasteiger partial charge is 0.126 e. The minimum Gasteiger partial charge on any atom is -0.496 e. The van der Waals surface area contributed by atoms with E-state index in [1.807, 2.05) is 43.3 Å². The van der Waals surface area contributed by atoms with Gasteiger partial charge < -0.3 is 14.9 Å². The molecule has 1 atom stereocenters. The molecule has 0 aliphatic carbocycles. The van der Waals surface area contributed by atoms with E-state index in [1.165, 1.54) is 0 Å². The van der Waals surface area contributed by atoms with Gasteiger partial charge >= 0.3 is 0 Å². The van der Waals surface area contributed by atoms with Crippen LogP contribution < -0.4 is 10.5 Å². The molecule has 0 amide bonds. The molecular weight excluding hydrogens is 250 g/mol. The van der Waals surface area contributed by atoms with Gasteiger partial charge in [-0.15, -0.1) is 0 Å². The third-order valence-electron chi connectivity index (χ3n) is 3.71. The number of methoxy groups -OCH3 is 1. The van der Waals surface area contributed by atoms with E-state index in [0.29, 0.717) is 0 Å². The minimum atomic E-state index is -0.204. The molecule has 1 aromatic heterocycles. The van der Waals surface area contributed by atoms with E-state index < -0.39 is 0 Å². The number of hydrogen-bond acceptors (Lipinski definition) is 3. The first-order valence-electron chi connectivity index (χ1n) is 6.57. The van der Waals surface area contributed by atoms with Gasteiger partial charge in [-0.25, -0.2) is 0 Å². The quantitative estimate of drug-likeness (QED) is 0.785. The van der Waals surface area contributed by atoms with E-state index in [4.69, 9.17) is 14.9 Å². The highest BCUT2D eigenvalue weighted by atomic mass is 16.5. The van der Waals surface area contributed by atoms with Crippen molar-refractivity contribution in [3.8, 4) is 5.75 Å². The van der Waals surface area contributed by atoms with Crippen molar-refractivity contribution in [3.63, 3.8) is 0 Å². The van der Waals surface area contributed by atoms with Crippen molar-refractivity contribution in [3.05, 3.63) is 65.6 Å². The number of ether oxygens (including phenoxy) is 1. The molecule has 3 heteroatoms. The Kier molecular flexibility index (Phi) is 3.20. The van der Waals surface area contributed by atoms with Gasteiger partial charge in [-0.05, 0) is 30.0 Å². The lowest BCUT2D eigenvalue weighted by Gasteiger charge is -2.16. The summed E-state index contributed by atoms with van der Waals surface area (Å²) in [6.45, 7) is 1.93. The molecule has 0 aliphatic rings. The molecule has 0 aliphatic heterocycles. The van der Waals surface area contributed by atoms with Gasteiger partial charge in [0.05, 0.1) is 19.4 Å². The molecule has 2 N–H and O–H groups in total. The van der Waals surface area contributed by atoms with Crippen molar-refractivity contribution in [2.45, 2.75) is 13.0 Å². The van der Waals surface area contributed by atoms with Crippen molar-refractivity contribution in [2.24, 2.45) is 5.73 Å². The van der Waals surface area contributed by atoms with Gasteiger partial charge in [-0.2, -0.15) is 0 Å². The van der Waals surface area contributed by atoms with Gasteiger partial charge in [0.1, 0.15) is 11.5 Å². The first-order valence-corrected chi connectivity index (χ1v) is 6.57. The van der Waals surface area contributed by atoms with E-state index in [2.05, 4.69) is 6.07 Å². The van der Waals surface area contributed by atoms with E-state index in [0.717, 1.165) is 33.4 Å². The highest BCUT2D eigenvalue weighted by Gasteiger charge is 2.17.